The fraction of sp³-hybridized carbons (Fsp3) is 0.188. The summed E-state index contributed by atoms with van der Waals surface area (Å²) in [6.07, 6.45) is 0. The molecule has 0 saturated heterocycles. The van der Waals surface area contributed by atoms with Gasteiger partial charge in [-0.3, -0.25) is 4.79 Å². The highest BCUT2D eigenvalue weighted by Crippen LogP contribution is 2.33. The maximum atomic E-state index is 12.7. The molecular weight excluding hydrogens is 444 g/mol. The summed E-state index contributed by atoms with van der Waals surface area (Å²) in [7, 11) is 0. The number of hydrogen-bond donors (Lipinski definition) is 0. The van der Waals surface area contributed by atoms with Gasteiger partial charge in [-0.15, -0.1) is 0 Å². The molecule has 0 aliphatic carbocycles. The molecule has 0 saturated carbocycles. The first-order chi connectivity index (χ1) is 10.5. The molecule has 2 rings (SSSR count). The average Bonchev–Trinajstić information content (AvgIpc) is 2.36. The summed E-state index contributed by atoms with van der Waals surface area (Å²) in [4.78, 5) is 10.8. The third kappa shape index (κ3) is 6.06. The zero-order valence-corrected chi connectivity index (χ0v) is 15.3. The fourth-order valence-electron chi connectivity index (χ4n) is 1.62. The van der Waals surface area contributed by atoms with Gasteiger partial charge in [0.1, 0.15) is 11.6 Å². The Kier molecular flexibility index (Phi) is 6.95. The highest BCUT2D eigenvalue weighted by molar-refractivity contribution is 9.10. The summed E-state index contributed by atoms with van der Waals surface area (Å²) in [5.74, 6) is -3.89. The Hall–Kier alpha value is -1.21. The Bertz CT molecular complexity index is 712. The van der Waals surface area contributed by atoms with Crippen LogP contribution < -0.4 is 0 Å². The molecule has 0 aromatic heterocycles. The van der Waals surface area contributed by atoms with Crippen molar-refractivity contribution in [3.63, 3.8) is 0 Å². The van der Waals surface area contributed by atoms with Crippen molar-refractivity contribution in [2.75, 3.05) is 0 Å². The highest BCUT2D eigenvalue weighted by Gasteiger charge is 2.26. The smallest absolute Gasteiger partial charge is 0.271 e. The van der Waals surface area contributed by atoms with E-state index in [1.807, 2.05) is 0 Å². The second-order valence-corrected chi connectivity index (χ2v) is 6.40. The number of carbonyl (C=O) groups excluding carboxylic acids is 1. The van der Waals surface area contributed by atoms with Gasteiger partial charge >= 0.3 is 0 Å². The number of benzene rings is 2. The van der Waals surface area contributed by atoms with Crippen LogP contribution in [0.4, 0.5) is 17.6 Å². The van der Waals surface area contributed by atoms with Crippen LogP contribution in [0.15, 0.2) is 45.3 Å². The van der Waals surface area contributed by atoms with E-state index in [0.29, 0.717) is 10.0 Å². The lowest BCUT2D eigenvalue weighted by Crippen LogP contribution is -2.07. The van der Waals surface area contributed by atoms with Crippen molar-refractivity contribution in [3.05, 3.63) is 68.1 Å². The van der Waals surface area contributed by atoms with Crippen molar-refractivity contribution < 1.29 is 22.4 Å². The van der Waals surface area contributed by atoms with Gasteiger partial charge in [0.05, 0.1) is 0 Å². The minimum Gasteiger partial charge on any atom is -0.294 e. The molecule has 23 heavy (non-hydrogen) atoms. The number of ketones is 1. The first kappa shape index (κ1) is 19.8. The summed E-state index contributed by atoms with van der Waals surface area (Å²) >= 11 is 5.95. The molecule has 0 aliphatic heterocycles. The molecule has 0 spiro atoms. The lowest BCUT2D eigenvalue weighted by atomic mass is 10.1. The minimum absolute atomic E-state index is 0.0723. The molecule has 1 nitrogen and oxygen atoms in total. The first-order valence-corrected chi connectivity index (χ1v) is 7.90. The Morgan fingerprint density at radius 3 is 1.83 bits per heavy atom. The van der Waals surface area contributed by atoms with Crippen LogP contribution in [-0.4, -0.2) is 5.78 Å². The van der Waals surface area contributed by atoms with Crippen LogP contribution in [0.1, 0.15) is 29.8 Å². The number of alkyl halides is 2. The third-order valence-electron chi connectivity index (χ3n) is 2.71. The maximum absolute atomic E-state index is 12.7. The molecule has 7 heteroatoms. The van der Waals surface area contributed by atoms with Crippen LogP contribution in [0, 0.1) is 11.6 Å². The number of carbonyl (C=O) groups is 1. The van der Waals surface area contributed by atoms with E-state index in [0.717, 1.165) is 25.1 Å². The van der Waals surface area contributed by atoms with E-state index in [1.54, 1.807) is 0 Å². The van der Waals surface area contributed by atoms with Gasteiger partial charge < -0.3 is 0 Å². The van der Waals surface area contributed by atoms with Crippen molar-refractivity contribution in [2.45, 2.75) is 19.8 Å². The maximum Gasteiger partial charge on any atom is 0.271 e. The highest BCUT2D eigenvalue weighted by atomic mass is 79.9. The van der Waals surface area contributed by atoms with Gasteiger partial charge in [0.25, 0.3) is 5.92 Å². The van der Waals surface area contributed by atoms with E-state index in [9.17, 15) is 22.4 Å². The molecular formula is C16H12Br2F4O. The number of Topliss-reactive ketones (excluding diaryl/α,β-unsaturated/α-hetero) is 1. The van der Waals surface area contributed by atoms with E-state index in [-0.39, 0.29) is 21.6 Å². The molecule has 0 atom stereocenters. The summed E-state index contributed by atoms with van der Waals surface area (Å²) in [6.45, 7) is 2.21. The third-order valence-corrected chi connectivity index (χ3v) is 4.03. The van der Waals surface area contributed by atoms with Crippen LogP contribution >= 0.6 is 31.9 Å². The Labute approximate surface area is 148 Å². The van der Waals surface area contributed by atoms with Gasteiger partial charge in [-0.05, 0) is 59.3 Å². The van der Waals surface area contributed by atoms with Gasteiger partial charge in [-0.1, -0.05) is 15.9 Å². The topological polar surface area (TPSA) is 17.1 Å². The van der Waals surface area contributed by atoms with Gasteiger partial charge in [0.2, 0.25) is 0 Å². The van der Waals surface area contributed by atoms with Crippen LogP contribution in [-0.2, 0) is 5.92 Å². The normalized spacial score (nSPS) is 10.8. The summed E-state index contributed by atoms with van der Waals surface area (Å²) in [6, 6.07) is 7.10. The molecule has 0 heterocycles. The molecule has 0 fully saturated rings. The zero-order valence-electron chi connectivity index (χ0n) is 12.1. The summed E-state index contributed by atoms with van der Waals surface area (Å²) in [5, 5.41) is 0. The fourth-order valence-corrected chi connectivity index (χ4v) is 2.95. The second-order valence-electron chi connectivity index (χ2n) is 4.69. The van der Waals surface area contributed by atoms with Crippen molar-refractivity contribution in [2.24, 2.45) is 0 Å². The standard InChI is InChI=1S/C8H6BrF3.C8H6BrFO/c1-8(11,12)6-3-2-5(10)4-7(6)9;1-5(11)7-3-2-6(10)4-8(7)9/h2-4H,1H3;2-4H,1H3. The lowest BCUT2D eigenvalue weighted by Gasteiger charge is -2.11. The molecule has 0 amide bonds. The average molecular weight is 456 g/mol. The monoisotopic (exact) mass is 454 g/mol. The molecule has 2 aromatic rings. The minimum atomic E-state index is -2.94. The SMILES string of the molecule is CC(=O)c1ccc(F)cc1Br.CC(F)(F)c1ccc(F)cc1Br. The molecule has 0 N–H and O–H groups in total. The lowest BCUT2D eigenvalue weighted by molar-refractivity contribution is 0.0166. The van der Waals surface area contributed by atoms with Crippen LogP contribution in [0.25, 0.3) is 0 Å². The Morgan fingerprint density at radius 2 is 1.43 bits per heavy atom. The van der Waals surface area contributed by atoms with Crippen LogP contribution in [0.2, 0.25) is 0 Å². The van der Waals surface area contributed by atoms with Crippen molar-refractivity contribution in [1.82, 2.24) is 0 Å². The van der Waals surface area contributed by atoms with E-state index in [4.69, 9.17) is 0 Å². The van der Waals surface area contributed by atoms with E-state index in [2.05, 4.69) is 31.9 Å². The van der Waals surface area contributed by atoms with Gasteiger partial charge in [0, 0.05) is 27.0 Å². The number of rotatable bonds is 2. The predicted octanol–water partition coefficient (Wildman–Crippen LogP) is 6.49. The van der Waals surface area contributed by atoms with Gasteiger partial charge in [0.15, 0.2) is 5.78 Å². The van der Waals surface area contributed by atoms with E-state index in [1.165, 1.54) is 25.1 Å². The first-order valence-electron chi connectivity index (χ1n) is 6.31. The quantitative estimate of drug-likeness (QED) is 0.373. The number of hydrogen-bond acceptors (Lipinski definition) is 1. The molecule has 0 radical (unpaired) electrons. The van der Waals surface area contributed by atoms with Crippen molar-refractivity contribution in [3.8, 4) is 0 Å². The van der Waals surface area contributed by atoms with E-state index < -0.39 is 11.7 Å². The molecule has 0 unspecified atom stereocenters. The largest absolute Gasteiger partial charge is 0.294 e. The Balaban J connectivity index is 0.000000231. The zero-order chi connectivity index (χ0) is 17.8. The predicted molar refractivity (Wildman–Crippen MR) is 87.8 cm³/mol. The molecule has 0 bridgehead atoms. The van der Waals surface area contributed by atoms with Gasteiger partial charge in [-0.25, -0.2) is 17.6 Å². The van der Waals surface area contributed by atoms with E-state index >= 15 is 0 Å². The van der Waals surface area contributed by atoms with Crippen LogP contribution in [0.3, 0.4) is 0 Å². The second kappa shape index (κ2) is 8.06. The Morgan fingerprint density at radius 1 is 0.957 bits per heavy atom. The molecule has 124 valence electrons. The summed E-state index contributed by atoms with van der Waals surface area (Å²) in [5.41, 5.74) is 0.301. The van der Waals surface area contributed by atoms with Crippen molar-refractivity contribution >= 4 is 37.6 Å². The van der Waals surface area contributed by atoms with Gasteiger partial charge in [-0.2, -0.15) is 0 Å². The van der Waals surface area contributed by atoms with Crippen LogP contribution in [0.5, 0.6) is 0 Å². The summed E-state index contributed by atoms with van der Waals surface area (Å²) < 4.78 is 50.9. The molecule has 0 aliphatic rings. The molecule has 2 aromatic carbocycles. The number of halogens is 6. The van der Waals surface area contributed by atoms with Crippen molar-refractivity contribution in [1.29, 1.82) is 0 Å².